The first-order chi connectivity index (χ1) is 9.10. The molecule has 2 fully saturated rings. The van der Waals surface area contributed by atoms with E-state index < -0.39 is 0 Å². The molecular formula is C15H29N3O. The Kier molecular flexibility index (Phi) is 5.22. The number of nitrogens with one attached hydrogen (secondary N) is 2. The van der Waals surface area contributed by atoms with E-state index in [1.54, 1.807) is 0 Å². The van der Waals surface area contributed by atoms with Crippen LogP contribution in [0, 0.1) is 5.92 Å². The summed E-state index contributed by atoms with van der Waals surface area (Å²) in [4.78, 5) is 14.5. The Morgan fingerprint density at radius 1 is 1.32 bits per heavy atom. The Hall–Kier alpha value is -0.610. The van der Waals surface area contributed by atoms with Crippen LogP contribution in [0.4, 0.5) is 0 Å². The normalized spacial score (nSPS) is 27.8. The molecule has 2 rings (SSSR count). The van der Waals surface area contributed by atoms with Gasteiger partial charge in [-0.05, 0) is 58.5 Å². The van der Waals surface area contributed by atoms with Gasteiger partial charge in [0.25, 0.3) is 0 Å². The van der Waals surface area contributed by atoms with Gasteiger partial charge in [0, 0.05) is 18.6 Å². The van der Waals surface area contributed by atoms with Crippen molar-refractivity contribution < 1.29 is 4.79 Å². The van der Waals surface area contributed by atoms with Gasteiger partial charge in [0.05, 0.1) is 6.04 Å². The fourth-order valence-corrected chi connectivity index (χ4v) is 2.95. The van der Waals surface area contributed by atoms with Crippen LogP contribution in [0.3, 0.4) is 0 Å². The molecule has 2 aliphatic rings. The second-order valence-corrected chi connectivity index (χ2v) is 6.26. The largest absolute Gasteiger partial charge is 0.352 e. The number of carbonyl (C=O) groups is 1. The highest BCUT2D eigenvalue weighted by Gasteiger charge is 2.28. The average molecular weight is 267 g/mol. The van der Waals surface area contributed by atoms with E-state index in [0.29, 0.717) is 18.0 Å². The van der Waals surface area contributed by atoms with Gasteiger partial charge in [-0.1, -0.05) is 6.92 Å². The molecule has 3 atom stereocenters. The second-order valence-electron chi connectivity index (χ2n) is 6.26. The lowest BCUT2D eigenvalue weighted by Gasteiger charge is -2.36. The summed E-state index contributed by atoms with van der Waals surface area (Å²) in [5.74, 6) is 0.836. The molecule has 110 valence electrons. The van der Waals surface area contributed by atoms with Crippen molar-refractivity contribution in [2.75, 3.05) is 19.6 Å². The van der Waals surface area contributed by atoms with E-state index in [0.717, 1.165) is 19.4 Å². The van der Waals surface area contributed by atoms with Gasteiger partial charge in [0.2, 0.25) is 5.91 Å². The van der Waals surface area contributed by atoms with Crippen molar-refractivity contribution in [3.8, 4) is 0 Å². The highest BCUT2D eigenvalue weighted by atomic mass is 16.2. The predicted octanol–water partition coefficient (Wildman–Crippen LogP) is 1.36. The van der Waals surface area contributed by atoms with E-state index in [-0.39, 0.29) is 11.9 Å². The minimum absolute atomic E-state index is 0.0763. The average Bonchev–Trinajstić information content (AvgIpc) is 3.22. The van der Waals surface area contributed by atoms with E-state index in [9.17, 15) is 4.79 Å². The van der Waals surface area contributed by atoms with E-state index in [1.807, 2.05) is 6.92 Å². The quantitative estimate of drug-likeness (QED) is 0.764. The van der Waals surface area contributed by atoms with Crippen LogP contribution >= 0.6 is 0 Å². The molecule has 4 nitrogen and oxygen atoms in total. The maximum atomic E-state index is 11.9. The minimum atomic E-state index is -0.0763. The molecule has 3 unspecified atom stereocenters. The summed E-state index contributed by atoms with van der Waals surface area (Å²) in [5.41, 5.74) is 0. The minimum Gasteiger partial charge on any atom is -0.352 e. The Labute approximate surface area is 117 Å². The standard InChI is InChI=1S/C15H29N3O/c1-4-18-9-5-6-13(10-18)11(2)16-12(3)15(19)17-14-7-8-14/h11-14,16H,4-10H2,1-3H3,(H,17,19). The SMILES string of the molecule is CCN1CCCC(C(C)NC(C)C(=O)NC2CC2)C1. The van der Waals surface area contributed by atoms with Crippen molar-refractivity contribution in [3.05, 3.63) is 0 Å². The summed E-state index contributed by atoms with van der Waals surface area (Å²) < 4.78 is 0. The monoisotopic (exact) mass is 267 g/mol. The molecule has 1 saturated heterocycles. The van der Waals surface area contributed by atoms with Gasteiger partial charge >= 0.3 is 0 Å². The third-order valence-electron chi connectivity index (χ3n) is 4.53. The Balaban J connectivity index is 1.75. The topological polar surface area (TPSA) is 44.4 Å². The zero-order chi connectivity index (χ0) is 13.8. The molecule has 19 heavy (non-hydrogen) atoms. The summed E-state index contributed by atoms with van der Waals surface area (Å²) in [6.07, 6.45) is 4.87. The predicted molar refractivity (Wildman–Crippen MR) is 78.1 cm³/mol. The highest BCUT2D eigenvalue weighted by molar-refractivity contribution is 5.81. The fraction of sp³-hybridized carbons (Fsp3) is 0.933. The molecule has 1 heterocycles. The van der Waals surface area contributed by atoms with Gasteiger partial charge in [0.1, 0.15) is 0 Å². The first kappa shape index (κ1) is 14.8. The number of nitrogens with zero attached hydrogens (tertiary/aromatic N) is 1. The van der Waals surface area contributed by atoms with Gasteiger partial charge in [-0.2, -0.15) is 0 Å². The molecule has 1 aliphatic carbocycles. The lowest BCUT2D eigenvalue weighted by molar-refractivity contribution is -0.123. The third kappa shape index (κ3) is 4.46. The number of piperidine rings is 1. The molecule has 2 N–H and O–H groups in total. The van der Waals surface area contributed by atoms with E-state index >= 15 is 0 Å². The number of hydrogen-bond acceptors (Lipinski definition) is 3. The molecule has 0 bridgehead atoms. The number of carbonyl (C=O) groups excluding carboxylic acids is 1. The second kappa shape index (κ2) is 6.71. The van der Waals surface area contributed by atoms with Crippen molar-refractivity contribution >= 4 is 5.91 Å². The first-order valence-electron chi connectivity index (χ1n) is 7.89. The zero-order valence-electron chi connectivity index (χ0n) is 12.6. The Morgan fingerprint density at radius 2 is 2.05 bits per heavy atom. The van der Waals surface area contributed by atoms with Gasteiger partial charge in [-0.25, -0.2) is 0 Å². The fourth-order valence-electron chi connectivity index (χ4n) is 2.95. The van der Waals surface area contributed by atoms with Gasteiger partial charge in [-0.3, -0.25) is 4.79 Å². The van der Waals surface area contributed by atoms with Crippen LogP contribution in [0.15, 0.2) is 0 Å². The lowest BCUT2D eigenvalue weighted by Crippen LogP contribution is -2.51. The van der Waals surface area contributed by atoms with Crippen molar-refractivity contribution in [1.29, 1.82) is 0 Å². The molecular weight excluding hydrogens is 238 g/mol. The van der Waals surface area contributed by atoms with Crippen LogP contribution in [-0.4, -0.2) is 48.6 Å². The van der Waals surface area contributed by atoms with Crippen LogP contribution in [0.25, 0.3) is 0 Å². The lowest BCUT2D eigenvalue weighted by atomic mass is 9.91. The molecule has 1 aliphatic heterocycles. The number of likely N-dealkylation sites (tertiary alicyclic amines) is 1. The molecule has 0 radical (unpaired) electrons. The van der Waals surface area contributed by atoms with Gasteiger partial charge in [0.15, 0.2) is 0 Å². The van der Waals surface area contributed by atoms with Crippen molar-refractivity contribution in [2.45, 2.75) is 64.6 Å². The zero-order valence-corrected chi connectivity index (χ0v) is 12.6. The summed E-state index contributed by atoms with van der Waals surface area (Å²) >= 11 is 0. The molecule has 1 amide bonds. The van der Waals surface area contributed by atoms with Crippen molar-refractivity contribution in [1.82, 2.24) is 15.5 Å². The molecule has 4 heteroatoms. The number of amides is 1. The van der Waals surface area contributed by atoms with Gasteiger partial charge in [-0.15, -0.1) is 0 Å². The highest BCUT2D eigenvalue weighted by Crippen LogP contribution is 2.20. The van der Waals surface area contributed by atoms with Crippen LogP contribution in [-0.2, 0) is 4.79 Å². The number of hydrogen-bond donors (Lipinski definition) is 2. The molecule has 1 saturated carbocycles. The first-order valence-corrected chi connectivity index (χ1v) is 7.89. The van der Waals surface area contributed by atoms with Crippen LogP contribution < -0.4 is 10.6 Å². The maximum Gasteiger partial charge on any atom is 0.237 e. The molecule has 0 aromatic carbocycles. The van der Waals surface area contributed by atoms with Crippen LogP contribution in [0.2, 0.25) is 0 Å². The number of rotatable bonds is 6. The van der Waals surface area contributed by atoms with E-state index in [2.05, 4.69) is 29.4 Å². The van der Waals surface area contributed by atoms with Crippen LogP contribution in [0.1, 0.15) is 46.5 Å². The molecule has 0 aromatic rings. The van der Waals surface area contributed by atoms with E-state index in [4.69, 9.17) is 0 Å². The summed E-state index contributed by atoms with van der Waals surface area (Å²) in [6, 6.07) is 0.791. The van der Waals surface area contributed by atoms with Gasteiger partial charge < -0.3 is 15.5 Å². The smallest absolute Gasteiger partial charge is 0.237 e. The van der Waals surface area contributed by atoms with E-state index in [1.165, 1.54) is 25.9 Å². The maximum absolute atomic E-state index is 11.9. The molecule has 0 spiro atoms. The summed E-state index contributed by atoms with van der Waals surface area (Å²) in [7, 11) is 0. The van der Waals surface area contributed by atoms with Crippen LogP contribution in [0.5, 0.6) is 0 Å². The Morgan fingerprint density at radius 3 is 2.68 bits per heavy atom. The van der Waals surface area contributed by atoms with Crippen molar-refractivity contribution in [2.24, 2.45) is 5.92 Å². The molecule has 0 aromatic heterocycles. The summed E-state index contributed by atoms with van der Waals surface area (Å²) in [6.45, 7) is 9.98. The third-order valence-corrected chi connectivity index (χ3v) is 4.53. The van der Waals surface area contributed by atoms with Crippen molar-refractivity contribution in [3.63, 3.8) is 0 Å². The Bertz CT molecular complexity index is 304. The summed E-state index contributed by atoms with van der Waals surface area (Å²) in [5, 5.41) is 6.56.